The molecule has 1 aromatic carbocycles. The van der Waals surface area contributed by atoms with E-state index >= 15 is 0 Å². The predicted octanol–water partition coefficient (Wildman–Crippen LogP) is 1.04. The van der Waals surface area contributed by atoms with Crippen molar-refractivity contribution in [3.8, 4) is 0 Å². The molecule has 0 amide bonds. The number of rotatable bonds is 1. The average molecular weight is 288 g/mol. The molecule has 15 heavy (non-hydrogen) atoms. The maximum absolute atomic E-state index is 11.2. The van der Waals surface area contributed by atoms with Gasteiger partial charge in [0, 0.05) is 12.4 Å². The summed E-state index contributed by atoms with van der Waals surface area (Å²) in [6.45, 7) is 0. The van der Waals surface area contributed by atoms with Gasteiger partial charge < -0.3 is 0 Å². The van der Waals surface area contributed by atoms with Crippen LogP contribution in [-0.2, 0) is 10.0 Å². The number of primary sulfonamides is 1. The molecule has 0 spiro atoms. The molecule has 0 bridgehead atoms. The highest BCUT2D eigenvalue weighted by Gasteiger charge is 2.15. The normalized spacial score (nSPS) is 11.9. The molecule has 2 aromatic rings. The maximum Gasteiger partial charge on any atom is 0.239 e. The van der Waals surface area contributed by atoms with E-state index < -0.39 is 10.0 Å². The molecule has 0 aliphatic rings. The van der Waals surface area contributed by atoms with E-state index in [9.17, 15) is 8.42 Å². The first kappa shape index (κ1) is 10.5. The van der Waals surface area contributed by atoms with Gasteiger partial charge in [0.25, 0.3) is 0 Å². The van der Waals surface area contributed by atoms with Gasteiger partial charge in [-0.25, -0.2) is 13.6 Å². The lowest BCUT2D eigenvalue weighted by Gasteiger charge is -2.03. The third-order valence-electron chi connectivity index (χ3n) is 1.85. The van der Waals surface area contributed by atoms with Gasteiger partial charge in [0.05, 0.1) is 14.9 Å². The van der Waals surface area contributed by atoms with Crippen LogP contribution in [0.5, 0.6) is 0 Å². The molecule has 0 radical (unpaired) electrons. The minimum atomic E-state index is -3.74. The molecule has 2 rings (SSSR count). The van der Waals surface area contributed by atoms with Crippen LogP contribution in [0.4, 0.5) is 0 Å². The number of hydrogen-bond acceptors (Lipinski definition) is 4. The summed E-state index contributed by atoms with van der Waals surface area (Å²) in [5, 5.41) is 5.04. The topological polar surface area (TPSA) is 85.9 Å². The van der Waals surface area contributed by atoms with Crippen molar-refractivity contribution >= 4 is 37.0 Å². The second-order valence-corrected chi connectivity index (χ2v) is 5.17. The highest BCUT2D eigenvalue weighted by atomic mass is 79.9. The Morgan fingerprint density at radius 2 is 1.87 bits per heavy atom. The highest BCUT2D eigenvalue weighted by Crippen LogP contribution is 2.27. The molecule has 1 aromatic heterocycles. The third kappa shape index (κ3) is 1.85. The van der Waals surface area contributed by atoms with E-state index in [0.717, 1.165) is 0 Å². The van der Waals surface area contributed by atoms with Gasteiger partial charge in [-0.15, -0.1) is 0 Å². The molecule has 1 heterocycles. The van der Waals surface area contributed by atoms with Crippen LogP contribution in [0.3, 0.4) is 0 Å². The number of fused-ring (bicyclic) bond motifs is 1. The van der Waals surface area contributed by atoms with Gasteiger partial charge in [0.1, 0.15) is 5.52 Å². The Bertz CT molecular complexity index is 627. The standard InChI is InChI=1S/C8H6BrN3O2S/c9-7-6(15(10,13)14)2-1-5-8(7)12-4-3-11-5/h1-4H,(H2,10,13,14). The Morgan fingerprint density at radius 3 is 2.53 bits per heavy atom. The van der Waals surface area contributed by atoms with Crippen LogP contribution in [0, 0.1) is 0 Å². The summed E-state index contributed by atoms with van der Waals surface area (Å²) in [6, 6.07) is 2.96. The van der Waals surface area contributed by atoms with E-state index in [1.165, 1.54) is 18.5 Å². The zero-order valence-electron chi connectivity index (χ0n) is 7.38. The van der Waals surface area contributed by atoms with Crippen LogP contribution in [-0.4, -0.2) is 18.4 Å². The number of nitrogens with two attached hydrogens (primary N) is 1. The van der Waals surface area contributed by atoms with Crippen molar-refractivity contribution in [1.29, 1.82) is 0 Å². The van der Waals surface area contributed by atoms with E-state index in [0.29, 0.717) is 15.5 Å². The van der Waals surface area contributed by atoms with Crippen molar-refractivity contribution in [3.63, 3.8) is 0 Å². The maximum atomic E-state index is 11.2. The van der Waals surface area contributed by atoms with E-state index in [-0.39, 0.29) is 4.90 Å². The summed E-state index contributed by atoms with van der Waals surface area (Å²) in [5.41, 5.74) is 1.08. The number of aromatic nitrogens is 2. The average Bonchev–Trinajstić information content (AvgIpc) is 2.16. The van der Waals surface area contributed by atoms with E-state index in [1.807, 2.05) is 0 Å². The monoisotopic (exact) mass is 287 g/mol. The molecule has 78 valence electrons. The van der Waals surface area contributed by atoms with Gasteiger partial charge in [0.2, 0.25) is 10.0 Å². The second-order valence-electron chi connectivity index (χ2n) is 2.85. The zero-order valence-corrected chi connectivity index (χ0v) is 9.79. The Kier molecular flexibility index (Phi) is 2.45. The van der Waals surface area contributed by atoms with Gasteiger partial charge in [0.15, 0.2) is 0 Å². The zero-order chi connectivity index (χ0) is 11.1. The summed E-state index contributed by atoms with van der Waals surface area (Å²) >= 11 is 3.16. The molecule has 0 saturated heterocycles. The summed E-state index contributed by atoms with van der Waals surface area (Å²) < 4.78 is 22.7. The molecule has 5 nitrogen and oxygen atoms in total. The van der Waals surface area contributed by atoms with Crippen LogP contribution in [0.15, 0.2) is 33.9 Å². The Morgan fingerprint density at radius 1 is 1.20 bits per heavy atom. The predicted molar refractivity (Wildman–Crippen MR) is 58.6 cm³/mol. The molecule has 0 saturated carbocycles. The summed E-state index contributed by atoms with van der Waals surface area (Å²) in [5.74, 6) is 0. The summed E-state index contributed by atoms with van der Waals surface area (Å²) in [6.07, 6.45) is 3.02. The smallest absolute Gasteiger partial charge is 0.239 e. The van der Waals surface area contributed by atoms with E-state index in [2.05, 4.69) is 25.9 Å². The summed E-state index contributed by atoms with van der Waals surface area (Å²) in [4.78, 5) is 8.07. The number of hydrogen-bond donors (Lipinski definition) is 1. The van der Waals surface area contributed by atoms with Crippen molar-refractivity contribution in [2.75, 3.05) is 0 Å². The van der Waals surface area contributed by atoms with Crippen molar-refractivity contribution in [2.45, 2.75) is 4.90 Å². The van der Waals surface area contributed by atoms with Gasteiger partial charge in [-0.05, 0) is 28.1 Å². The largest absolute Gasteiger partial charge is 0.253 e. The molecule has 0 aliphatic heterocycles. The van der Waals surface area contributed by atoms with Crippen LogP contribution in [0.25, 0.3) is 11.0 Å². The van der Waals surface area contributed by atoms with Crippen LogP contribution in [0.1, 0.15) is 0 Å². The fraction of sp³-hybridized carbons (Fsp3) is 0. The molecule has 2 N–H and O–H groups in total. The molecular weight excluding hydrogens is 282 g/mol. The molecule has 0 atom stereocenters. The Balaban J connectivity index is 2.88. The van der Waals surface area contributed by atoms with Crippen LogP contribution < -0.4 is 5.14 Å². The quantitative estimate of drug-likeness (QED) is 0.849. The summed E-state index contributed by atoms with van der Waals surface area (Å²) in [7, 11) is -3.74. The lowest BCUT2D eigenvalue weighted by Crippen LogP contribution is -2.13. The molecule has 0 unspecified atom stereocenters. The van der Waals surface area contributed by atoms with Crippen molar-refractivity contribution in [2.24, 2.45) is 5.14 Å². The molecule has 0 fully saturated rings. The first-order valence-electron chi connectivity index (χ1n) is 3.92. The number of sulfonamides is 1. The molecular formula is C8H6BrN3O2S. The first-order chi connectivity index (χ1) is 7.00. The third-order valence-corrected chi connectivity index (χ3v) is 3.87. The van der Waals surface area contributed by atoms with Gasteiger partial charge in [-0.1, -0.05) is 0 Å². The van der Waals surface area contributed by atoms with Gasteiger partial charge >= 0.3 is 0 Å². The lowest BCUT2D eigenvalue weighted by molar-refractivity contribution is 0.597. The van der Waals surface area contributed by atoms with E-state index in [1.54, 1.807) is 6.07 Å². The van der Waals surface area contributed by atoms with Gasteiger partial charge in [-0.2, -0.15) is 0 Å². The number of nitrogens with zero attached hydrogens (tertiary/aromatic N) is 2. The molecule has 0 aliphatic carbocycles. The van der Waals surface area contributed by atoms with Gasteiger partial charge in [-0.3, -0.25) is 9.97 Å². The fourth-order valence-electron chi connectivity index (χ4n) is 1.20. The van der Waals surface area contributed by atoms with E-state index in [4.69, 9.17) is 5.14 Å². The Labute approximate surface area is 94.5 Å². The first-order valence-corrected chi connectivity index (χ1v) is 6.26. The van der Waals surface area contributed by atoms with Crippen LogP contribution >= 0.6 is 15.9 Å². The SMILES string of the molecule is NS(=O)(=O)c1ccc2nccnc2c1Br. The van der Waals surface area contributed by atoms with Crippen molar-refractivity contribution < 1.29 is 8.42 Å². The molecule has 7 heteroatoms. The Hall–Kier alpha value is -1.05. The van der Waals surface area contributed by atoms with Crippen LogP contribution in [0.2, 0.25) is 0 Å². The number of halogens is 1. The minimum absolute atomic E-state index is 0.00972. The minimum Gasteiger partial charge on any atom is -0.253 e. The number of benzene rings is 1. The second kappa shape index (κ2) is 3.51. The highest BCUT2D eigenvalue weighted by molar-refractivity contribution is 9.10. The van der Waals surface area contributed by atoms with Crippen molar-refractivity contribution in [1.82, 2.24) is 9.97 Å². The van der Waals surface area contributed by atoms with Crippen molar-refractivity contribution in [3.05, 3.63) is 29.0 Å². The fourth-order valence-corrected chi connectivity index (χ4v) is 2.92. The lowest BCUT2D eigenvalue weighted by atomic mass is 10.3.